The number of hydrogen-bond donors (Lipinski definition) is 0. The number of ether oxygens (including phenoxy) is 1. The van der Waals surface area contributed by atoms with Gasteiger partial charge in [-0.1, -0.05) is 42.5 Å². The molecule has 2 aromatic carbocycles. The van der Waals surface area contributed by atoms with Gasteiger partial charge in [-0.25, -0.2) is 4.79 Å². The van der Waals surface area contributed by atoms with E-state index in [1.807, 2.05) is 6.07 Å². The van der Waals surface area contributed by atoms with Crippen molar-refractivity contribution in [3.05, 3.63) is 71.3 Å². The van der Waals surface area contributed by atoms with E-state index in [1.165, 1.54) is 0 Å². The fourth-order valence-corrected chi connectivity index (χ4v) is 1.60. The number of rotatable bonds is 4. The number of esters is 1. The average Bonchev–Trinajstić information content (AvgIpc) is 2.53. The molecule has 0 N–H and O–H groups in total. The van der Waals surface area contributed by atoms with E-state index in [-0.39, 0.29) is 6.61 Å². The molecule has 0 amide bonds. The third-order valence-corrected chi connectivity index (χ3v) is 2.67. The van der Waals surface area contributed by atoms with Crippen molar-refractivity contribution >= 4 is 11.8 Å². The third-order valence-electron chi connectivity index (χ3n) is 2.67. The molecule has 0 aliphatic carbocycles. The molecule has 0 unspecified atom stereocenters. The molecule has 2 aromatic rings. The van der Waals surface area contributed by atoms with Gasteiger partial charge in [0, 0.05) is 5.56 Å². The molecule has 0 radical (unpaired) electrons. The molecule has 0 aliphatic heterocycles. The van der Waals surface area contributed by atoms with Crippen molar-refractivity contribution in [3.63, 3.8) is 0 Å². The number of nitrogens with zero attached hydrogens (tertiary/aromatic N) is 1. The predicted molar refractivity (Wildman–Crippen MR) is 71.7 cm³/mol. The van der Waals surface area contributed by atoms with Gasteiger partial charge in [0.1, 0.15) is 6.61 Å². The van der Waals surface area contributed by atoms with E-state index in [0.29, 0.717) is 11.1 Å². The Balaban J connectivity index is 1.95. The fraction of sp³-hybridized carbons (Fsp3) is 0.0625. The first kappa shape index (κ1) is 13.5. The van der Waals surface area contributed by atoms with Gasteiger partial charge < -0.3 is 4.74 Å². The Morgan fingerprint density at radius 3 is 2.25 bits per heavy atom. The minimum Gasteiger partial charge on any atom is -0.455 e. The van der Waals surface area contributed by atoms with Crippen molar-refractivity contribution in [2.75, 3.05) is 0 Å². The van der Waals surface area contributed by atoms with Crippen molar-refractivity contribution in [2.24, 2.45) is 0 Å². The number of carbonyl (C=O) groups is 2. The molecule has 0 atom stereocenters. The summed E-state index contributed by atoms with van der Waals surface area (Å²) in [5.74, 6) is -1.56. The number of benzene rings is 2. The lowest BCUT2D eigenvalue weighted by molar-refractivity contribution is -0.139. The van der Waals surface area contributed by atoms with Crippen LogP contribution < -0.4 is 0 Å². The summed E-state index contributed by atoms with van der Waals surface area (Å²) >= 11 is 0. The number of carbonyl (C=O) groups excluding carboxylic acids is 2. The van der Waals surface area contributed by atoms with E-state index >= 15 is 0 Å². The smallest absolute Gasteiger partial charge is 0.380 e. The largest absolute Gasteiger partial charge is 0.455 e. The molecule has 0 fully saturated rings. The molecule has 0 aliphatic rings. The van der Waals surface area contributed by atoms with Crippen LogP contribution in [0.2, 0.25) is 0 Å². The molecule has 0 heterocycles. The lowest BCUT2D eigenvalue weighted by Gasteiger charge is -2.04. The zero-order valence-corrected chi connectivity index (χ0v) is 10.6. The van der Waals surface area contributed by atoms with Crippen molar-refractivity contribution in [2.45, 2.75) is 6.61 Å². The normalized spacial score (nSPS) is 9.55. The lowest BCUT2D eigenvalue weighted by Crippen LogP contribution is -2.17. The topological polar surface area (TPSA) is 67.2 Å². The van der Waals surface area contributed by atoms with E-state index < -0.39 is 11.8 Å². The Bertz CT molecular complexity index is 654. The Labute approximate surface area is 116 Å². The van der Waals surface area contributed by atoms with Crippen LogP contribution in [-0.2, 0) is 16.1 Å². The van der Waals surface area contributed by atoms with Crippen LogP contribution in [-0.4, -0.2) is 11.8 Å². The summed E-state index contributed by atoms with van der Waals surface area (Å²) in [6, 6.07) is 16.9. The number of hydrogen-bond acceptors (Lipinski definition) is 4. The molecule has 2 rings (SSSR count). The fourth-order valence-electron chi connectivity index (χ4n) is 1.60. The van der Waals surface area contributed by atoms with Crippen molar-refractivity contribution < 1.29 is 14.3 Å². The van der Waals surface area contributed by atoms with Gasteiger partial charge in [-0.15, -0.1) is 0 Å². The third kappa shape index (κ3) is 3.30. The van der Waals surface area contributed by atoms with Crippen LogP contribution in [0.15, 0.2) is 54.6 Å². The Morgan fingerprint density at radius 1 is 1.00 bits per heavy atom. The molecule has 0 saturated heterocycles. The molecule has 20 heavy (non-hydrogen) atoms. The summed E-state index contributed by atoms with van der Waals surface area (Å²) in [6.07, 6.45) is 0. The summed E-state index contributed by atoms with van der Waals surface area (Å²) in [5, 5.41) is 8.67. The maximum absolute atomic E-state index is 11.7. The van der Waals surface area contributed by atoms with Crippen LogP contribution in [0, 0.1) is 11.3 Å². The molecule has 0 aromatic heterocycles. The van der Waals surface area contributed by atoms with E-state index in [4.69, 9.17) is 10.00 Å². The number of Topliss-reactive ketones (excluding diaryl/α,β-unsaturated/α-hetero) is 1. The van der Waals surface area contributed by atoms with Crippen LogP contribution in [0.1, 0.15) is 21.5 Å². The monoisotopic (exact) mass is 265 g/mol. The summed E-state index contributed by atoms with van der Waals surface area (Å²) in [7, 11) is 0. The first-order valence-electron chi connectivity index (χ1n) is 5.96. The van der Waals surface area contributed by atoms with Crippen molar-refractivity contribution in [1.82, 2.24) is 0 Å². The molecule has 4 nitrogen and oxygen atoms in total. The van der Waals surface area contributed by atoms with Crippen LogP contribution in [0.25, 0.3) is 0 Å². The SMILES string of the molecule is N#Cc1ccc(COC(=O)C(=O)c2ccccc2)cc1. The molecule has 0 spiro atoms. The summed E-state index contributed by atoms with van der Waals surface area (Å²) < 4.78 is 4.95. The van der Waals surface area contributed by atoms with Gasteiger partial charge in [-0.2, -0.15) is 5.26 Å². The van der Waals surface area contributed by atoms with Crippen molar-refractivity contribution in [1.29, 1.82) is 5.26 Å². The maximum atomic E-state index is 11.7. The second kappa shape index (κ2) is 6.30. The highest BCUT2D eigenvalue weighted by atomic mass is 16.5. The zero-order chi connectivity index (χ0) is 14.4. The van der Waals surface area contributed by atoms with Crippen LogP contribution in [0.3, 0.4) is 0 Å². The summed E-state index contributed by atoms with van der Waals surface area (Å²) in [4.78, 5) is 23.4. The number of ketones is 1. The quantitative estimate of drug-likeness (QED) is 0.484. The lowest BCUT2D eigenvalue weighted by atomic mass is 10.1. The highest BCUT2D eigenvalue weighted by molar-refractivity contribution is 6.40. The Kier molecular flexibility index (Phi) is 4.25. The first-order chi connectivity index (χ1) is 9.70. The average molecular weight is 265 g/mol. The first-order valence-corrected chi connectivity index (χ1v) is 5.96. The predicted octanol–water partition coefficient (Wildman–Crippen LogP) is 2.48. The second-order valence-corrected chi connectivity index (χ2v) is 4.08. The molecule has 0 bridgehead atoms. The summed E-state index contributed by atoms with van der Waals surface area (Å²) in [5.41, 5.74) is 1.55. The zero-order valence-electron chi connectivity index (χ0n) is 10.6. The van der Waals surface area contributed by atoms with E-state index in [2.05, 4.69) is 0 Å². The maximum Gasteiger partial charge on any atom is 0.380 e. The van der Waals surface area contributed by atoms with E-state index in [1.54, 1.807) is 54.6 Å². The molecule has 0 saturated carbocycles. The van der Waals surface area contributed by atoms with Gasteiger partial charge in [0.15, 0.2) is 0 Å². The second-order valence-electron chi connectivity index (χ2n) is 4.08. The van der Waals surface area contributed by atoms with Crippen LogP contribution in [0.4, 0.5) is 0 Å². The van der Waals surface area contributed by atoms with Crippen LogP contribution >= 0.6 is 0 Å². The Hall–Kier alpha value is -2.93. The molecular weight excluding hydrogens is 254 g/mol. The van der Waals surface area contributed by atoms with Gasteiger partial charge in [-0.05, 0) is 17.7 Å². The van der Waals surface area contributed by atoms with Gasteiger partial charge in [0.25, 0.3) is 5.78 Å². The summed E-state index contributed by atoms with van der Waals surface area (Å²) in [6.45, 7) is 0.00309. The minimum absolute atomic E-state index is 0.00309. The van der Waals surface area contributed by atoms with Gasteiger partial charge >= 0.3 is 5.97 Å². The number of nitriles is 1. The minimum atomic E-state index is -0.888. The molecule has 98 valence electrons. The highest BCUT2D eigenvalue weighted by Gasteiger charge is 2.17. The Morgan fingerprint density at radius 2 is 1.65 bits per heavy atom. The highest BCUT2D eigenvalue weighted by Crippen LogP contribution is 2.07. The van der Waals surface area contributed by atoms with Gasteiger partial charge in [-0.3, -0.25) is 4.79 Å². The standard InChI is InChI=1S/C16H11NO3/c17-10-12-6-8-13(9-7-12)11-20-16(19)15(18)14-4-2-1-3-5-14/h1-9H,11H2. The van der Waals surface area contributed by atoms with Crippen LogP contribution in [0.5, 0.6) is 0 Å². The molecular formula is C16H11NO3. The van der Waals surface area contributed by atoms with Crippen molar-refractivity contribution in [3.8, 4) is 6.07 Å². The molecule has 4 heteroatoms. The van der Waals surface area contributed by atoms with Gasteiger partial charge in [0.05, 0.1) is 11.6 Å². The van der Waals surface area contributed by atoms with E-state index in [0.717, 1.165) is 5.56 Å². The van der Waals surface area contributed by atoms with Gasteiger partial charge in [0.2, 0.25) is 0 Å². The van der Waals surface area contributed by atoms with E-state index in [9.17, 15) is 9.59 Å².